The molecular weight excluding hydrogens is 775 g/mol. The minimum Gasteiger partial charge on any atom is -0.394 e. The lowest BCUT2D eigenvalue weighted by Crippen LogP contribution is -2.45. The summed E-state index contributed by atoms with van der Waals surface area (Å²) in [5.41, 5.74) is 0. The van der Waals surface area contributed by atoms with Crippen LogP contribution in [0.3, 0.4) is 0 Å². The highest BCUT2D eigenvalue weighted by Gasteiger charge is 2.20. The fourth-order valence-corrected chi connectivity index (χ4v) is 9.12. The minimum atomic E-state index is -0.950. The molecule has 0 aliphatic rings. The van der Waals surface area contributed by atoms with Crippen molar-refractivity contribution < 1.29 is 20.1 Å². The van der Waals surface area contributed by atoms with E-state index in [1.54, 1.807) is 6.08 Å². The zero-order valence-corrected chi connectivity index (χ0v) is 42.7. The first-order valence-electron chi connectivity index (χ1n) is 28.6. The highest BCUT2D eigenvalue weighted by Crippen LogP contribution is 2.18. The van der Waals surface area contributed by atoms with Crippen molar-refractivity contribution >= 4 is 5.91 Å². The maximum atomic E-state index is 12.5. The van der Waals surface area contributed by atoms with Crippen molar-refractivity contribution in [2.45, 2.75) is 334 Å². The van der Waals surface area contributed by atoms with E-state index < -0.39 is 18.2 Å². The molecular formula is C58H113NO4. The third-order valence-corrected chi connectivity index (χ3v) is 13.5. The zero-order chi connectivity index (χ0) is 45.8. The topological polar surface area (TPSA) is 89.8 Å². The van der Waals surface area contributed by atoms with Gasteiger partial charge in [-0.05, 0) is 32.1 Å². The van der Waals surface area contributed by atoms with Gasteiger partial charge < -0.3 is 20.6 Å². The van der Waals surface area contributed by atoms with Gasteiger partial charge in [0.15, 0.2) is 0 Å². The van der Waals surface area contributed by atoms with Gasteiger partial charge in [0.2, 0.25) is 5.91 Å². The lowest BCUT2D eigenvalue weighted by Gasteiger charge is -2.21. The average Bonchev–Trinajstić information content (AvgIpc) is 3.28. The molecule has 374 valence electrons. The second-order valence-electron chi connectivity index (χ2n) is 19.9. The van der Waals surface area contributed by atoms with Crippen molar-refractivity contribution in [1.29, 1.82) is 0 Å². The Morgan fingerprint density at radius 1 is 0.397 bits per heavy atom. The maximum absolute atomic E-state index is 12.5. The summed E-state index contributed by atoms with van der Waals surface area (Å²) in [5, 5.41) is 33.5. The van der Waals surface area contributed by atoms with Crippen LogP contribution in [0.25, 0.3) is 0 Å². The van der Waals surface area contributed by atoms with Gasteiger partial charge in [-0.25, -0.2) is 0 Å². The Morgan fingerprint density at radius 2 is 0.683 bits per heavy atom. The van der Waals surface area contributed by atoms with Crippen LogP contribution in [0.1, 0.15) is 316 Å². The van der Waals surface area contributed by atoms with Gasteiger partial charge in [-0.1, -0.05) is 301 Å². The summed E-state index contributed by atoms with van der Waals surface area (Å²) < 4.78 is 0. The molecule has 0 aromatic heterocycles. The predicted molar refractivity (Wildman–Crippen MR) is 278 cm³/mol. The molecule has 0 bridgehead atoms. The van der Waals surface area contributed by atoms with E-state index in [1.165, 1.54) is 257 Å². The van der Waals surface area contributed by atoms with E-state index >= 15 is 0 Å². The fraction of sp³-hybridized carbons (Fsp3) is 0.914. The Labute approximate surface area is 394 Å². The van der Waals surface area contributed by atoms with Crippen LogP contribution in [-0.4, -0.2) is 46.1 Å². The third-order valence-electron chi connectivity index (χ3n) is 13.5. The Kier molecular flexibility index (Phi) is 52.5. The second-order valence-corrected chi connectivity index (χ2v) is 19.9. The molecule has 0 aliphatic carbocycles. The van der Waals surface area contributed by atoms with Gasteiger partial charge in [0.05, 0.1) is 31.3 Å². The van der Waals surface area contributed by atoms with E-state index in [0.29, 0.717) is 6.42 Å². The van der Waals surface area contributed by atoms with E-state index in [-0.39, 0.29) is 18.9 Å². The first-order chi connectivity index (χ1) is 31.0. The number of carbonyl (C=O) groups is 1. The van der Waals surface area contributed by atoms with Crippen molar-refractivity contribution in [3.05, 3.63) is 24.3 Å². The fourth-order valence-electron chi connectivity index (χ4n) is 9.12. The normalized spacial score (nSPS) is 13.4. The predicted octanol–water partition coefficient (Wildman–Crippen LogP) is 17.7. The first kappa shape index (κ1) is 61.8. The molecule has 63 heavy (non-hydrogen) atoms. The third kappa shape index (κ3) is 50.1. The molecule has 0 rings (SSSR count). The van der Waals surface area contributed by atoms with Gasteiger partial charge in [0.25, 0.3) is 0 Å². The molecule has 0 saturated carbocycles. The summed E-state index contributed by atoms with van der Waals surface area (Å²) in [6.07, 6.45) is 68.0. The molecule has 0 heterocycles. The Morgan fingerprint density at radius 3 is 1.02 bits per heavy atom. The molecule has 4 N–H and O–H groups in total. The minimum absolute atomic E-state index is 0.0105. The molecule has 0 aromatic carbocycles. The van der Waals surface area contributed by atoms with Crippen molar-refractivity contribution in [2.75, 3.05) is 6.61 Å². The monoisotopic (exact) mass is 888 g/mol. The van der Waals surface area contributed by atoms with E-state index in [4.69, 9.17) is 0 Å². The van der Waals surface area contributed by atoms with E-state index in [2.05, 4.69) is 31.3 Å². The van der Waals surface area contributed by atoms with E-state index in [9.17, 15) is 20.1 Å². The maximum Gasteiger partial charge on any atom is 0.222 e. The summed E-state index contributed by atoms with van der Waals surface area (Å²) in [6, 6.07) is -0.759. The lowest BCUT2D eigenvalue weighted by atomic mass is 10.0. The molecule has 5 heteroatoms. The van der Waals surface area contributed by atoms with Crippen molar-refractivity contribution in [3.8, 4) is 0 Å². The van der Waals surface area contributed by atoms with Crippen LogP contribution in [0.5, 0.6) is 0 Å². The number of nitrogens with one attached hydrogen (secondary N) is 1. The number of aliphatic hydroxyl groups is 3. The first-order valence-corrected chi connectivity index (χ1v) is 28.6. The Balaban J connectivity index is 3.57. The molecule has 3 unspecified atom stereocenters. The van der Waals surface area contributed by atoms with E-state index in [1.807, 2.05) is 6.08 Å². The van der Waals surface area contributed by atoms with Crippen LogP contribution in [0.2, 0.25) is 0 Å². The molecule has 0 aromatic rings. The van der Waals surface area contributed by atoms with Crippen LogP contribution < -0.4 is 5.32 Å². The van der Waals surface area contributed by atoms with Crippen LogP contribution in [0.4, 0.5) is 0 Å². The summed E-state index contributed by atoms with van der Waals surface area (Å²) in [7, 11) is 0. The van der Waals surface area contributed by atoms with Gasteiger partial charge in [-0.15, -0.1) is 0 Å². The summed E-state index contributed by atoms with van der Waals surface area (Å²) >= 11 is 0. The highest BCUT2D eigenvalue weighted by molar-refractivity contribution is 5.76. The highest BCUT2D eigenvalue weighted by atomic mass is 16.3. The molecule has 1 amide bonds. The average molecular weight is 889 g/mol. The van der Waals surface area contributed by atoms with Gasteiger partial charge in [-0.3, -0.25) is 4.79 Å². The number of hydrogen-bond donors (Lipinski definition) is 4. The number of allylic oxidation sites excluding steroid dienone is 3. The zero-order valence-electron chi connectivity index (χ0n) is 42.7. The van der Waals surface area contributed by atoms with Crippen molar-refractivity contribution in [2.24, 2.45) is 0 Å². The van der Waals surface area contributed by atoms with Gasteiger partial charge in [-0.2, -0.15) is 0 Å². The largest absolute Gasteiger partial charge is 0.394 e. The number of rotatable bonds is 53. The van der Waals surface area contributed by atoms with Crippen LogP contribution >= 0.6 is 0 Å². The van der Waals surface area contributed by atoms with Crippen LogP contribution in [0, 0.1) is 0 Å². The molecule has 5 nitrogen and oxygen atoms in total. The molecule has 3 atom stereocenters. The number of aliphatic hydroxyl groups excluding tert-OH is 3. The molecule has 0 fully saturated rings. The second kappa shape index (κ2) is 53.4. The van der Waals surface area contributed by atoms with Gasteiger partial charge in [0.1, 0.15) is 0 Å². The van der Waals surface area contributed by atoms with E-state index in [0.717, 1.165) is 32.1 Å². The number of amides is 1. The summed E-state index contributed by atoms with van der Waals surface area (Å²) in [4.78, 5) is 12.5. The van der Waals surface area contributed by atoms with Gasteiger partial charge >= 0.3 is 0 Å². The Hall–Kier alpha value is -1.17. The van der Waals surface area contributed by atoms with Crippen LogP contribution in [0.15, 0.2) is 24.3 Å². The number of carbonyl (C=O) groups excluding carboxylic acids is 1. The standard InChI is InChI=1S/C58H113NO4/c1-3-5-7-9-11-13-15-17-19-21-23-25-27-29-31-33-35-37-39-41-43-45-47-49-51-55(61)53-58(63)59-56(54-60)57(62)52-50-48-46-44-42-40-38-36-34-32-30-28-26-24-22-20-18-16-14-12-10-8-6-4-2/h42,44,50,52,55-57,60-62H,3-41,43,45-49,51,53-54H2,1-2H3,(H,59,63)/b44-42+,52-50+. The number of unbranched alkanes of at least 4 members (excludes halogenated alkanes) is 42. The van der Waals surface area contributed by atoms with Crippen LogP contribution in [-0.2, 0) is 4.79 Å². The Bertz CT molecular complexity index is 936. The molecule has 0 spiro atoms. The quantitative estimate of drug-likeness (QED) is 0.0362. The summed E-state index contributed by atoms with van der Waals surface area (Å²) in [5.74, 6) is -0.319. The van der Waals surface area contributed by atoms with Crippen molar-refractivity contribution in [3.63, 3.8) is 0 Å². The number of hydrogen-bond acceptors (Lipinski definition) is 4. The molecule has 0 aliphatic heterocycles. The molecule has 0 saturated heterocycles. The smallest absolute Gasteiger partial charge is 0.222 e. The molecule has 0 radical (unpaired) electrons. The van der Waals surface area contributed by atoms with Crippen molar-refractivity contribution in [1.82, 2.24) is 5.32 Å². The van der Waals surface area contributed by atoms with Gasteiger partial charge in [0, 0.05) is 0 Å². The SMILES string of the molecule is CCCCCCCCCCCCCCCCCCCC/C=C/CC/C=C/C(O)C(CO)NC(=O)CC(O)CCCCCCCCCCCCCCCCCCCCCCCCCC. The lowest BCUT2D eigenvalue weighted by molar-refractivity contribution is -0.124. The summed E-state index contributed by atoms with van der Waals surface area (Å²) in [6.45, 7) is 4.24.